The van der Waals surface area contributed by atoms with Gasteiger partial charge in [0, 0.05) is 12.1 Å². The predicted octanol–water partition coefficient (Wildman–Crippen LogP) is 2.23. The molecule has 0 aliphatic carbocycles. The van der Waals surface area contributed by atoms with Gasteiger partial charge in [-0.1, -0.05) is 25.1 Å². The first kappa shape index (κ1) is 10.1. The lowest BCUT2D eigenvalue weighted by Gasteiger charge is -2.15. The van der Waals surface area contributed by atoms with Crippen molar-refractivity contribution in [3.8, 4) is 5.75 Å². The summed E-state index contributed by atoms with van der Waals surface area (Å²) >= 11 is 0. The molecule has 2 heteroatoms. The summed E-state index contributed by atoms with van der Waals surface area (Å²) in [4.78, 5) is 2.20. The van der Waals surface area contributed by atoms with Crippen LogP contribution in [-0.2, 0) is 6.54 Å². The van der Waals surface area contributed by atoms with Crippen molar-refractivity contribution in [2.75, 3.05) is 13.6 Å². The average molecular weight is 179 g/mol. The summed E-state index contributed by atoms with van der Waals surface area (Å²) in [7, 11) is 2.07. The molecular formula is C11H17NO. The number of hydrogen-bond acceptors (Lipinski definition) is 2. The van der Waals surface area contributed by atoms with Crippen molar-refractivity contribution in [3.63, 3.8) is 0 Å². The molecule has 0 aliphatic rings. The third-order valence-corrected chi connectivity index (χ3v) is 2.04. The van der Waals surface area contributed by atoms with Crippen LogP contribution in [0.15, 0.2) is 24.3 Å². The van der Waals surface area contributed by atoms with E-state index in [0.717, 1.165) is 25.1 Å². The summed E-state index contributed by atoms with van der Waals surface area (Å²) in [6.07, 6.45) is 1.14. The van der Waals surface area contributed by atoms with Gasteiger partial charge in [0.2, 0.25) is 0 Å². The molecule has 0 fully saturated rings. The summed E-state index contributed by atoms with van der Waals surface area (Å²) in [5, 5.41) is 9.50. The number of benzene rings is 1. The summed E-state index contributed by atoms with van der Waals surface area (Å²) in [5.41, 5.74) is 0.999. The van der Waals surface area contributed by atoms with E-state index >= 15 is 0 Å². The molecule has 0 bridgehead atoms. The molecule has 0 unspecified atom stereocenters. The molecule has 0 radical (unpaired) electrons. The molecule has 72 valence electrons. The lowest BCUT2D eigenvalue weighted by atomic mass is 10.2. The quantitative estimate of drug-likeness (QED) is 0.766. The van der Waals surface area contributed by atoms with Crippen LogP contribution in [0.25, 0.3) is 0 Å². The van der Waals surface area contributed by atoms with E-state index in [1.165, 1.54) is 0 Å². The number of nitrogens with zero attached hydrogens (tertiary/aromatic N) is 1. The fourth-order valence-corrected chi connectivity index (χ4v) is 1.40. The molecule has 0 atom stereocenters. The number of hydrogen-bond donors (Lipinski definition) is 1. The fourth-order valence-electron chi connectivity index (χ4n) is 1.40. The van der Waals surface area contributed by atoms with Crippen molar-refractivity contribution in [2.24, 2.45) is 0 Å². The highest BCUT2D eigenvalue weighted by Crippen LogP contribution is 2.16. The molecule has 0 aromatic heterocycles. The SMILES string of the molecule is CCCN(C)Cc1ccccc1O. The van der Waals surface area contributed by atoms with Crippen molar-refractivity contribution < 1.29 is 5.11 Å². The Balaban J connectivity index is 2.58. The van der Waals surface area contributed by atoms with Gasteiger partial charge in [0.1, 0.15) is 5.75 Å². The molecule has 0 amide bonds. The van der Waals surface area contributed by atoms with E-state index in [4.69, 9.17) is 0 Å². The van der Waals surface area contributed by atoms with Gasteiger partial charge in [-0.05, 0) is 26.1 Å². The first-order valence-electron chi connectivity index (χ1n) is 4.69. The first-order valence-corrected chi connectivity index (χ1v) is 4.69. The Morgan fingerprint density at radius 1 is 1.31 bits per heavy atom. The van der Waals surface area contributed by atoms with Gasteiger partial charge in [-0.2, -0.15) is 0 Å². The Morgan fingerprint density at radius 3 is 2.62 bits per heavy atom. The summed E-state index contributed by atoms with van der Waals surface area (Å²) in [6.45, 7) is 4.04. The highest BCUT2D eigenvalue weighted by Gasteiger charge is 2.02. The summed E-state index contributed by atoms with van der Waals surface area (Å²) < 4.78 is 0. The van der Waals surface area contributed by atoms with Gasteiger partial charge in [0.05, 0.1) is 0 Å². The molecule has 0 saturated heterocycles. The van der Waals surface area contributed by atoms with Crippen molar-refractivity contribution in [3.05, 3.63) is 29.8 Å². The van der Waals surface area contributed by atoms with Crippen LogP contribution < -0.4 is 0 Å². The normalized spacial score (nSPS) is 10.7. The van der Waals surface area contributed by atoms with E-state index in [9.17, 15) is 5.11 Å². The van der Waals surface area contributed by atoms with Crippen LogP contribution in [0.2, 0.25) is 0 Å². The van der Waals surface area contributed by atoms with Crippen LogP contribution in [-0.4, -0.2) is 23.6 Å². The van der Waals surface area contributed by atoms with Gasteiger partial charge in [0.15, 0.2) is 0 Å². The Bertz CT molecular complexity index is 260. The third kappa shape index (κ3) is 3.07. The second-order valence-corrected chi connectivity index (χ2v) is 3.37. The maximum absolute atomic E-state index is 9.50. The molecular weight excluding hydrogens is 162 g/mol. The van der Waals surface area contributed by atoms with Crippen LogP contribution in [0.5, 0.6) is 5.75 Å². The molecule has 1 rings (SSSR count). The van der Waals surface area contributed by atoms with Gasteiger partial charge >= 0.3 is 0 Å². The van der Waals surface area contributed by atoms with Crippen molar-refractivity contribution in [1.82, 2.24) is 4.90 Å². The maximum Gasteiger partial charge on any atom is 0.120 e. The Hall–Kier alpha value is -1.02. The smallest absolute Gasteiger partial charge is 0.120 e. The van der Waals surface area contributed by atoms with E-state index in [1.807, 2.05) is 18.2 Å². The first-order chi connectivity index (χ1) is 6.24. The number of para-hydroxylation sites is 1. The minimum atomic E-state index is 0.394. The Kier molecular flexibility index (Phi) is 3.77. The fraction of sp³-hybridized carbons (Fsp3) is 0.455. The monoisotopic (exact) mass is 179 g/mol. The second kappa shape index (κ2) is 4.87. The van der Waals surface area contributed by atoms with Crippen LogP contribution in [0.4, 0.5) is 0 Å². The van der Waals surface area contributed by atoms with Crippen LogP contribution in [0.3, 0.4) is 0 Å². The second-order valence-electron chi connectivity index (χ2n) is 3.37. The van der Waals surface area contributed by atoms with Crippen molar-refractivity contribution in [1.29, 1.82) is 0 Å². The molecule has 0 aliphatic heterocycles. The predicted molar refractivity (Wildman–Crippen MR) is 54.7 cm³/mol. The van der Waals surface area contributed by atoms with Crippen molar-refractivity contribution >= 4 is 0 Å². The number of aromatic hydroxyl groups is 1. The molecule has 1 N–H and O–H groups in total. The minimum absolute atomic E-state index is 0.394. The van der Waals surface area contributed by atoms with Gasteiger partial charge in [-0.3, -0.25) is 0 Å². The molecule has 1 aromatic rings. The Labute approximate surface area is 79.8 Å². The van der Waals surface area contributed by atoms with E-state index < -0.39 is 0 Å². The molecule has 0 saturated carbocycles. The van der Waals surface area contributed by atoms with Crippen LogP contribution >= 0.6 is 0 Å². The van der Waals surface area contributed by atoms with Crippen LogP contribution in [0.1, 0.15) is 18.9 Å². The largest absolute Gasteiger partial charge is 0.508 e. The van der Waals surface area contributed by atoms with Gasteiger partial charge in [0.25, 0.3) is 0 Å². The van der Waals surface area contributed by atoms with Gasteiger partial charge in [-0.25, -0.2) is 0 Å². The van der Waals surface area contributed by atoms with E-state index in [1.54, 1.807) is 6.07 Å². The third-order valence-electron chi connectivity index (χ3n) is 2.04. The topological polar surface area (TPSA) is 23.5 Å². The molecule has 1 aromatic carbocycles. The number of phenols is 1. The number of rotatable bonds is 4. The zero-order valence-electron chi connectivity index (χ0n) is 8.33. The van der Waals surface area contributed by atoms with E-state index in [0.29, 0.717) is 5.75 Å². The highest BCUT2D eigenvalue weighted by molar-refractivity contribution is 5.31. The van der Waals surface area contributed by atoms with Crippen molar-refractivity contribution in [2.45, 2.75) is 19.9 Å². The minimum Gasteiger partial charge on any atom is -0.508 e. The lowest BCUT2D eigenvalue weighted by molar-refractivity contribution is 0.321. The van der Waals surface area contributed by atoms with E-state index in [-0.39, 0.29) is 0 Å². The molecule has 13 heavy (non-hydrogen) atoms. The van der Waals surface area contributed by atoms with E-state index in [2.05, 4.69) is 18.9 Å². The molecule has 0 heterocycles. The standard InChI is InChI=1S/C11H17NO/c1-3-8-12(2)9-10-6-4-5-7-11(10)13/h4-7,13H,3,8-9H2,1-2H3. The molecule has 2 nitrogen and oxygen atoms in total. The van der Waals surface area contributed by atoms with Gasteiger partial charge in [-0.15, -0.1) is 0 Å². The highest BCUT2D eigenvalue weighted by atomic mass is 16.3. The zero-order valence-corrected chi connectivity index (χ0v) is 8.33. The maximum atomic E-state index is 9.50. The summed E-state index contributed by atoms with van der Waals surface area (Å²) in [6, 6.07) is 7.49. The lowest BCUT2D eigenvalue weighted by Crippen LogP contribution is -2.18. The number of phenolic OH excluding ortho intramolecular Hbond substituents is 1. The summed E-state index contributed by atoms with van der Waals surface area (Å²) in [5.74, 6) is 0.394. The van der Waals surface area contributed by atoms with Gasteiger partial charge < -0.3 is 10.0 Å². The zero-order chi connectivity index (χ0) is 9.68. The average Bonchev–Trinajstić information content (AvgIpc) is 2.09. The molecule has 0 spiro atoms. The van der Waals surface area contributed by atoms with Crippen LogP contribution in [0, 0.1) is 0 Å². The Morgan fingerprint density at radius 2 is 2.00 bits per heavy atom.